The smallest absolute Gasteiger partial charge is 0.105 e. The summed E-state index contributed by atoms with van der Waals surface area (Å²) in [7, 11) is 0. The van der Waals surface area contributed by atoms with Gasteiger partial charge in [0.2, 0.25) is 0 Å². The minimum Gasteiger partial charge on any atom is -0.494 e. The van der Waals surface area contributed by atoms with Gasteiger partial charge < -0.3 is 4.74 Å². The fourth-order valence-corrected chi connectivity index (χ4v) is 1.48. The van der Waals surface area contributed by atoms with Gasteiger partial charge in [-0.2, -0.15) is 0 Å². The molecule has 1 saturated heterocycles. The maximum absolute atomic E-state index is 5.26. The molecule has 0 aliphatic carbocycles. The van der Waals surface area contributed by atoms with E-state index in [0.717, 1.165) is 12.2 Å². The van der Waals surface area contributed by atoms with Gasteiger partial charge in [0.15, 0.2) is 0 Å². The van der Waals surface area contributed by atoms with Gasteiger partial charge in [0.1, 0.15) is 6.10 Å². The second-order valence-corrected chi connectivity index (χ2v) is 3.12. The molecule has 0 bridgehead atoms. The highest BCUT2D eigenvalue weighted by molar-refractivity contribution is 5.03. The molecule has 0 radical (unpaired) electrons. The number of unbranched alkanes of at least 4 members (excludes halogenated alkanes) is 1. The lowest BCUT2D eigenvalue weighted by molar-refractivity contribution is -0.0331. The third kappa shape index (κ3) is 1.86. The first-order valence-corrected chi connectivity index (χ1v) is 4.22. The Kier molecular flexibility index (Phi) is 2.75. The molecule has 62 valence electrons. The fraction of sp³-hybridized carbons (Fsp3) is 0.600. The molecule has 0 saturated carbocycles. The Labute approximate surface area is 68.8 Å². The zero-order valence-corrected chi connectivity index (χ0v) is 7.18. The number of allylic oxidation sites excluding steroid dienone is 1. The van der Waals surface area contributed by atoms with Crippen molar-refractivity contribution in [1.82, 2.24) is 0 Å². The van der Waals surface area contributed by atoms with Crippen molar-refractivity contribution in [2.24, 2.45) is 5.92 Å². The van der Waals surface area contributed by atoms with Crippen LogP contribution in [0, 0.1) is 5.92 Å². The van der Waals surface area contributed by atoms with E-state index < -0.39 is 0 Å². The predicted molar refractivity (Wildman–Crippen MR) is 47.2 cm³/mol. The molecule has 0 amide bonds. The summed E-state index contributed by atoms with van der Waals surface area (Å²) in [6, 6.07) is 0. The van der Waals surface area contributed by atoms with Crippen LogP contribution < -0.4 is 0 Å². The Morgan fingerprint density at radius 2 is 2.36 bits per heavy atom. The normalized spacial score (nSPS) is 29.0. The van der Waals surface area contributed by atoms with Crippen molar-refractivity contribution >= 4 is 0 Å². The van der Waals surface area contributed by atoms with E-state index in [-0.39, 0.29) is 0 Å². The summed E-state index contributed by atoms with van der Waals surface area (Å²) in [6.45, 7) is 9.61. The van der Waals surface area contributed by atoms with Crippen LogP contribution in [0.4, 0.5) is 0 Å². The van der Waals surface area contributed by atoms with E-state index in [9.17, 15) is 0 Å². The third-order valence-corrected chi connectivity index (χ3v) is 2.24. The molecule has 1 heteroatoms. The summed E-state index contributed by atoms with van der Waals surface area (Å²) in [4.78, 5) is 0. The molecule has 1 aliphatic rings. The van der Waals surface area contributed by atoms with Crippen LogP contribution in [0.3, 0.4) is 0 Å². The van der Waals surface area contributed by atoms with Crippen LogP contribution in [0.25, 0.3) is 0 Å². The molecule has 1 nitrogen and oxygen atoms in total. The Morgan fingerprint density at radius 1 is 1.64 bits per heavy atom. The average Bonchev–Trinajstić information content (AvgIpc) is 1.98. The molecule has 1 rings (SSSR count). The van der Waals surface area contributed by atoms with Gasteiger partial charge in [-0.25, -0.2) is 0 Å². The highest BCUT2D eigenvalue weighted by Crippen LogP contribution is 2.34. The van der Waals surface area contributed by atoms with E-state index in [0.29, 0.717) is 12.0 Å². The zero-order valence-electron chi connectivity index (χ0n) is 7.18. The quantitative estimate of drug-likeness (QED) is 0.444. The summed E-state index contributed by atoms with van der Waals surface area (Å²) in [5.74, 6) is 1.58. The molecular weight excluding hydrogens is 136 g/mol. The van der Waals surface area contributed by atoms with Gasteiger partial charge in [-0.1, -0.05) is 12.7 Å². The molecule has 2 atom stereocenters. The van der Waals surface area contributed by atoms with Gasteiger partial charge in [-0.3, -0.25) is 0 Å². The maximum atomic E-state index is 5.26. The Morgan fingerprint density at radius 3 is 2.82 bits per heavy atom. The van der Waals surface area contributed by atoms with Crippen molar-refractivity contribution in [2.75, 3.05) is 0 Å². The van der Waals surface area contributed by atoms with Crippen LogP contribution in [-0.2, 0) is 4.74 Å². The van der Waals surface area contributed by atoms with E-state index in [4.69, 9.17) is 4.74 Å². The van der Waals surface area contributed by atoms with Crippen molar-refractivity contribution in [3.63, 3.8) is 0 Å². The number of rotatable bonds is 4. The van der Waals surface area contributed by atoms with Crippen LogP contribution in [0.1, 0.15) is 26.2 Å². The zero-order chi connectivity index (χ0) is 8.27. The largest absolute Gasteiger partial charge is 0.494 e. The van der Waals surface area contributed by atoms with E-state index in [1.165, 1.54) is 12.8 Å². The molecular formula is C10H16O. The van der Waals surface area contributed by atoms with Crippen molar-refractivity contribution in [3.8, 4) is 0 Å². The van der Waals surface area contributed by atoms with E-state index >= 15 is 0 Å². The monoisotopic (exact) mass is 152 g/mol. The van der Waals surface area contributed by atoms with Crippen molar-refractivity contribution in [3.05, 3.63) is 25.0 Å². The van der Waals surface area contributed by atoms with Gasteiger partial charge in [0.25, 0.3) is 0 Å². The van der Waals surface area contributed by atoms with Crippen LogP contribution in [0.2, 0.25) is 0 Å². The SMILES string of the molecule is C=CCCCC1C(=C)OC1C. The van der Waals surface area contributed by atoms with Crippen molar-refractivity contribution in [2.45, 2.75) is 32.3 Å². The second-order valence-electron chi connectivity index (χ2n) is 3.12. The summed E-state index contributed by atoms with van der Waals surface area (Å²) in [5.41, 5.74) is 0. The van der Waals surface area contributed by atoms with Crippen LogP contribution in [0.5, 0.6) is 0 Å². The molecule has 0 aromatic heterocycles. The maximum Gasteiger partial charge on any atom is 0.105 e. The number of hydrogen-bond acceptors (Lipinski definition) is 1. The lowest BCUT2D eigenvalue weighted by Gasteiger charge is -2.37. The molecule has 0 spiro atoms. The van der Waals surface area contributed by atoms with Crippen molar-refractivity contribution in [1.29, 1.82) is 0 Å². The molecule has 11 heavy (non-hydrogen) atoms. The van der Waals surface area contributed by atoms with Gasteiger partial charge in [-0.05, 0) is 26.2 Å². The van der Waals surface area contributed by atoms with Crippen LogP contribution in [0.15, 0.2) is 25.0 Å². The molecule has 0 aromatic carbocycles. The molecule has 2 unspecified atom stereocenters. The third-order valence-electron chi connectivity index (χ3n) is 2.24. The van der Waals surface area contributed by atoms with Gasteiger partial charge >= 0.3 is 0 Å². The lowest BCUT2D eigenvalue weighted by atomic mass is 9.90. The minimum atomic E-state index is 0.396. The molecule has 1 heterocycles. The first-order chi connectivity index (χ1) is 5.25. The highest BCUT2D eigenvalue weighted by Gasteiger charge is 2.32. The molecule has 1 fully saturated rings. The lowest BCUT2D eigenvalue weighted by Crippen LogP contribution is -2.34. The summed E-state index contributed by atoms with van der Waals surface area (Å²) >= 11 is 0. The van der Waals surface area contributed by atoms with E-state index in [2.05, 4.69) is 20.1 Å². The highest BCUT2D eigenvalue weighted by atomic mass is 16.5. The predicted octanol–water partition coefficient (Wildman–Crippen LogP) is 2.89. The molecule has 1 aliphatic heterocycles. The first-order valence-electron chi connectivity index (χ1n) is 4.22. The molecule has 0 aromatic rings. The average molecular weight is 152 g/mol. The van der Waals surface area contributed by atoms with Crippen LogP contribution >= 0.6 is 0 Å². The number of hydrogen-bond donors (Lipinski definition) is 0. The second kappa shape index (κ2) is 3.61. The Bertz CT molecular complexity index is 160. The van der Waals surface area contributed by atoms with Crippen molar-refractivity contribution < 1.29 is 4.74 Å². The number of ether oxygens (including phenoxy) is 1. The van der Waals surface area contributed by atoms with Gasteiger partial charge in [0.05, 0.1) is 11.7 Å². The Hall–Kier alpha value is -0.720. The summed E-state index contributed by atoms with van der Waals surface area (Å²) < 4.78 is 5.26. The van der Waals surface area contributed by atoms with Gasteiger partial charge in [-0.15, -0.1) is 6.58 Å². The first kappa shape index (κ1) is 8.38. The molecule has 0 N–H and O–H groups in total. The Balaban J connectivity index is 2.15. The van der Waals surface area contributed by atoms with Gasteiger partial charge in [0, 0.05) is 0 Å². The standard InChI is InChI=1S/C10H16O/c1-4-5-6-7-10-8(2)11-9(10)3/h4,9-10H,1-2,5-7H2,3H3. The minimum absolute atomic E-state index is 0.396. The van der Waals surface area contributed by atoms with E-state index in [1.807, 2.05) is 6.08 Å². The fourth-order valence-electron chi connectivity index (χ4n) is 1.48. The van der Waals surface area contributed by atoms with E-state index in [1.54, 1.807) is 0 Å². The summed E-state index contributed by atoms with van der Waals surface area (Å²) in [6.07, 6.45) is 5.88. The summed E-state index contributed by atoms with van der Waals surface area (Å²) in [5, 5.41) is 0. The van der Waals surface area contributed by atoms with Crippen LogP contribution in [-0.4, -0.2) is 6.10 Å². The topological polar surface area (TPSA) is 9.23 Å².